The molecule has 4 nitrogen and oxygen atoms in total. The van der Waals surface area contributed by atoms with Crippen molar-refractivity contribution < 1.29 is 19.8 Å². The van der Waals surface area contributed by atoms with E-state index in [0.717, 1.165) is 0 Å². The molecule has 0 saturated carbocycles. The molecule has 0 radical (unpaired) electrons. The molecule has 0 aromatic rings. The highest BCUT2D eigenvalue weighted by Crippen LogP contribution is 2.12. The molecule has 70 valence electrons. The lowest BCUT2D eigenvalue weighted by Gasteiger charge is -2.08. The molecule has 0 saturated heterocycles. The van der Waals surface area contributed by atoms with Crippen LogP contribution in [-0.2, 0) is 9.59 Å². The van der Waals surface area contributed by atoms with E-state index in [1.54, 1.807) is 13.8 Å². The second-order valence-electron chi connectivity index (χ2n) is 3.06. The normalized spacial score (nSPS) is 15.2. The quantitative estimate of drug-likeness (QED) is 0.656. The predicted molar refractivity (Wildman–Crippen MR) is 42.8 cm³/mol. The van der Waals surface area contributed by atoms with Crippen molar-refractivity contribution in [1.82, 2.24) is 0 Å². The van der Waals surface area contributed by atoms with Crippen LogP contribution < -0.4 is 0 Å². The van der Waals surface area contributed by atoms with Crippen LogP contribution in [0.3, 0.4) is 0 Å². The van der Waals surface area contributed by atoms with Crippen LogP contribution in [-0.4, -0.2) is 22.2 Å². The van der Waals surface area contributed by atoms with Crippen LogP contribution in [0.1, 0.15) is 26.7 Å². The molecule has 1 unspecified atom stereocenters. The van der Waals surface area contributed by atoms with Gasteiger partial charge in [0.05, 0.1) is 11.8 Å². The Kier molecular flexibility index (Phi) is 4.33. The number of hydrogen-bond acceptors (Lipinski definition) is 2. The van der Waals surface area contributed by atoms with Crippen LogP contribution in [0, 0.1) is 11.8 Å². The average Bonchev–Trinajstić information content (AvgIpc) is 1.98. The fraction of sp³-hybridized carbons (Fsp3) is 0.750. The number of carbonyl (C=O) groups is 2. The Bertz CT molecular complexity index is 156. The summed E-state index contributed by atoms with van der Waals surface area (Å²) < 4.78 is 0. The van der Waals surface area contributed by atoms with Gasteiger partial charge in [-0.1, -0.05) is 13.8 Å². The monoisotopic (exact) mass is 174 g/mol. The van der Waals surface area contributed by atoms with Gasteiger partial charge in [0.15, 0.2) is 0 Å². The molecule has 2 N–H and O–H groups in total. The van der Waals surface area contributed by atoms with Gasteiger partial charge < -0.3 is 10.2 Å². The molecule has 0 aliphatic rings. The Morgan fingerprint density at radius 3 is 1.42 bits per heavy atom. The number of carboxylic acids is 2. The Morgan fingerprint density at radius 1 is 1.00 bits per heavy atom. The van der Waals surface area contributed by atoms with Crippen LogP contribution in [0.2, 0.25) is 0 Å². The summed E-state index contributed by atoms with van der Waals surface area (Å²) in [5.41, 5.74) is 0. The van der Waals surface area contributed by atoms with Crippen LogP contribution in [0.4, 0.5) is 0 Å². The van der Waals surface area contributed by atoms with E-state index >= 15 is 0 Å². The molecule has 0 aliphatic heterocycles. The van der Waals surface area contributed by atoms with E-state index in [4.69, 9.17) is 10.2 Å². The van der Waals surface area contributed by atoms with Crippen LogP contribution in [0.5, 0.6) is 0 Å². The van der Waals surface area contributed by atoms with Crippen molar-refractivity contribution >= 4 is 11.9 Å². The van der Waals surface area contributed by atoms with Gasteiger partial charge in [-0.2, -0.15) is 0 Å². The molecule has 0 rings (SSSR count). The summed E-state index contributed by atoms with van der Waals surface area (Å²) >= 11 is 0. The molecule has 0 fully saturated rings. The van der Waals surface area contributed by atoms with E-state index in [1.165, 1.54) is 0 Å². The maximum atomic E-state index is 10.3. The average molecular weight is 174 g/mol. The molecule has 0 amide bonds. The van der Waals surface area contributed by atoms with Crippen LogP contribution in [0.15, 0.2) is 0 Å². The van der Waals surface area contributed by atoms with Crippen molar-refractivity contribution in [3.05, 3.63) is 0 Å². The standard InChI is InChI=1S/C8H14O4/c1-5(7(9)10)3-4-6(2)8(11)12/h5-6H,3-4H2,1-2H3,(H,9,10)(H,11,12)/t5-,6?/m0/s1. The zero-order chi connectivity index (χ0) is 9.72. The summed E-state index contributed by atoms with van der Waals surface area (Å²) in [7, 11) is 0. The van der Waals surface area contributed by atoms with Gasteiger partial charge in [0.2, 0.25) is 0 Å². The third-order valence-corrected chi connectivity index (χ3v) is 1.88. The summed E-state index contributed by atoms with van der Waals surface area (Å²) in [5.74, 6) is -2.64. The van der Waals surface area contributed by atoms with E-state index in [-0.39, 0.29) is 0 Å². The molecule has 0 spiro atoms. The smallest absolute Gasteiger partial charge is 0.306 e. The number of hydrogen-bond donors (Lipinski definition) is 2. The Balaban J connectivity index is 3.68. The third kappa shape index (κ3) is 3.95. The highest BCUT2D eigenvalue weighted by atomic mass is 16.4. The van der Waals surface area contributed by atoms with E-state index in [9.17, 15) is 9.59 Å². The van der Waals surface area contributed by atoms with E-state index < -0.39 is 23.8 Å². The largest absolute Gasteiger partial charge is 0.481 e. The van der Waals surface area contributed by atoms with Gasteiger partial charge in [-0.05, 0) is 12.8 Å². The second kappa shape index (κ2) is 4.74. The minimum Gasteiger partial charge on any atom is -0.481 e. The fourth-order valence-corrected chi connectivity index (χ4v) is 0.747. The summed E-state index contributed by atoms with van der Waals surface area (Å²) in [5, 5.41) is 17.0. The van der Waals surface area contributed by atoms with Crippen molar-refractivity contribution in [2.45, 2.75) is 26.7 Å². The fourth-order valence-electron chi connectivity index (χ4n) is 0.747. The third-order valence-electron chi connectivity index (χ3n) is 1.88. The second-order valence-corrected chi connectivity index (χ2v) is 3.06. The van der Waals surface area contributed by atoms with Crippen molar-refractivity contribution in [3.63, 3.8) is 0 Å². The zero-order valence-corrected chi connectivity index (χ0v) is 7.28. The lowest BCUT2D eigenvalue weighted by molar-refractivity contribution is -0.144. The topological polar surface area (TPSA) is 74.6 Å². The first-order valence-electron chi connectivity index (χ1n) is 3.90. The Hall–Kier alpha value is -1.06. The summed E-state index contributed by atoms with van der Waals surface area (Å²) in [4.78, 5) is 20.7. The minimum absolute atomic E-state index is 0.419. The number of carboxylic acid groups (broad SMARTS) is 2. The first-order chi connectivity index (χ1) is 5.45. The molecule has 0 heterocycles. The highest BCUT2D eigenvalue weighted by molar-refractivity contribution is 5.70. The SMILES string of the molecule is CC(CC[C@H](C)C(=O)O)C(=O)O. The van der Waals surface area contributed by atoms with Gasteiger partial charge in [-0.15, -0.1) is 0 Å². The maximum Gasteiger partial charge on any atom is 0.306 e. The molecular weight excluding hydrogens is 160 g/mol. The maximum absolute atomic E-state index is 10.3. The summed E-state index contributed by atoms with van der Waals surface area (Å²) in [6.45, 7) is 3.16. The summed E-state index contributed by atoms with van der Waals surface area (Å²) in [6.07, 6.45) is 0.839. The van der Waals surface area contributed by atoms with Gasteiger partial charge in [-0.3, -0.25) is 9.59 Å². The molecule has 4 heteroatoms. The highest BCUT2D eigenvalue weighted by Gasteiger charge is 2.15. The van der Waals surface area contributed by atoms with Crippen molar-refractivity contribution in [2.75, 3.05) is 0 Å². The number of rotatable bonds is 5. The van der Waals surface area contributed by atoms with Crippen molar-refractivity contribution in [2.24, 2.45) is 11.8 Å². The molecule has 0 aliphatic carbocycles. The zero-order valence-electron chi connectivity index (χ0n) is 7.28. The van der Waals surface area contributed by atoms with Crippen molar-refractivity contribution in [3.8, 4) is 0 Å². The molecular formula is C8H14O4. The van der Waals surface area contributed by atoms with Gasteiger partial charge in [-0.25, -0.2) is 0 Å². The van der Waals surface area contributed by atoms with Gasteiger partial charge in [0, 0.05) is 0 Å². The molecule has 12 heavy (non-hydrogen) atoms. The van der Waals surface area contributed by atoms with Crippen LogP contribution in [0.25, 0.3) is 0 Å². The van der Waals surface area contributed by atoms with Crippen molar-refractivity contribution in [1.29, 1.82) is 0 Å². The molecule has 2 atom stereocenters. The molecule has 0 aromatic carbocycles. The first-order valence-corrected chi connectivity index (χ1v) is 3.90. The van der Waals surface area contributed by atoms with E-state index in [2.05, 4.69) is 0 Å². The molecule has 0 bridgehead atoms. The van der Waals surface area contributed by atoms with Gasteiger partial charge in [0.1, 0.15) is 0 Å². The lowest BCUT2D eigenvalue weighted by atomic mass is 9.98. The Labute approximate surface area is 71.2 Å². The first kappa shape index (κ1) is 10.9. The van der Waals surface area contributed by atoms with Crippen LogP contribution >= 0.6 is 0 Å². The van der Waals surface area contributed by atoms with Gasteiger partial charge in [0.25, 0.3) is 0 Å². The van der Waals surface area contributed by atoms with E-state index in [1.807, 2.05) is 0 Å². The van der Waals surface area contributed by atoms with E-state index in [0.29, 0.717) is 12.8 Å². The number of aliphatic carboxylic acids is 2. The lowest BCUT2D eigenvalue weighted by Crippen LogP contribution is -2.14. The summed E-state index contributed by atoms with van der Waals surface area (Å²) in [6, 6.07) is 0. The molecule has 0 aromatic heterocycles. The Morgan fingerprint density at radius 2 is 1.25 bits per heavy atom. The predicted octanol–water partition coefficient (Wildman–Crippen LogP) is 1.21. The minimum atomic E-state index is -0.868. The van der Waals surface area contributed by atoms with Gasteiger partial charge >= 0.3 is 11.9 Å².